The summed E-state index contributed by atoms with van der Waals surface area (Å²) in [7, 11) is 0. The molecule has 66 valence electrons. The Kier molecular flexibility index (Phi) is 2.33. The van der Waals surface area contributed by atoms with E-state index >= 15 is 0 Å². The van der Waals surface area contributed by atoms with Gasteiger partial charge in [0.1, 0.15) is 11.5 Å². The SMILES string of the molecule is Cc1c(C)c(O)c(Br)c(C)c1O. The normalized spacial score (nSPS) is 10.3. The van der Waals surface area contributed by atoms with E-state index in [0.29, 0.717) is 15.6 Å². The molecule has 0 radical (unpaired) electrons. The van der Waals surface area contributed by atoms with Gasteiger partial charge < -0.3 is 10.2 Å². The fourth-order valence-electron chi connectivity index (χ4n) is 1.08. The average Bonchev–Trinajstić information content (AvgIpc) is 2.08. The lowest BCUT2D eigenvalue weighted by molar-refractivity contribution is 0.446. The van der Waals surface area contributed by atoms with Gasteiger partial charge in [0.05, 0.1) is 4.47 Å². The molecule has 0 saturated heterocycles. The van der Waals surface area contributed by atoms with Gasteiger partial charge in [0, 0.05) is 5.56 Å². The van der Waals surface area contributed by atoms with Crippen LogP contribution in [0.4, 0.5) is 0 Å². The van der Waals surface area contributed by atoms with Crippen molar-refractivity contribution in [3.8, 4) is 11.5 Å². The maximum atomic E-state index is 9.55. The second kappa shape index (κ2) is 2.98. The highest BCUT2D eigenvalue weighted by Gasteiger charge is 2.13. The maximum absolute atomic E-state index is 9.55. The third kappa shape index (κ3) is 1.18. The second-order valence-corrected chi connectivity index (χ2v) is 3.68. The van der Waals surface area contributed by atoms with Crippen LogP contribution in [0, 0.1) is 20.8 Å². The lowest BCUT2D eigenvalue weighted by atomic mass is 10.0. The summed E-state index contributed by atoms with van der Waals surface area (Å²) in [6.07, 6.45) is 0. The van der Waals surface area contributed by atoms with Crippen LogP contribution in [0.1, 0.15) is 16.7 Å². The van der Waals surface area contributed by atoms with Gasteiger partial charge in [0.15, 0.2) is 0 Å². The van der Waals surface area contributed by atoms with E-state index in [-0.39, 0.29) is 11.5 Å². The molecule has 0 saturated carbocycles. The highest BCUT2D eigenvalue weighted by atomic mass is 79.9. The van der Waals surface area contributed by atoms with E-state index in [2.05, 4.69) is 15.9 Å². The molecular weight excluding hydrogens is 220 g/mol. The van der Waals surface area contributed by atoms with Gasteiger partial charge in [-0.3, -0.25) is 0 Å². The van der Waals surface area contributed by atoms with E-state index in [0.717, 1.165) is 5.56 Å². The summed E-state index contributed by atoms with van der Waals surface area (Å²) in [6.45, 7) is 5.31. The van der Waals surface area contributed by atoms with Crippen LogP contribution in [-0.4, -0.2) is 10.2 Å². The first kappa shape index (κ1) is 9.39. The van der Waals surface area contributed by atoms with Gasteiger partial charge in [-0.15, -0.1) is 0 Å². The fourth-order valence-corrected chi connectivity index (χ4v) is 1.57. The van der Waals surface area contributed by atoms with Crippen molar-refractivity contribution in [2.45, 2.75) is 20.8 Å². The van der Waals surface area contributed by atoms with Gasteiger partial charge in [-0.1, -0.05) is 0 Å². The quantitative estimate of drug-likeness (QED) is 0.674. The van der Waals surface area contributed by atoms with Crippen molar-refractivity contribution in [2.75, 3.05) is 0 Å². The summed E-state index contributed by atoms with van der Waals surface area (Å²) in [5.74, 6) is 0.458. The minimum atomic E-state index is 0.211. The molecule has 0 unspecified atom stereocenters. The van der Waals surface area contributed by atoms with Crippen LogP contribution < -0.4 is 0 Å². The topological polar surface area (TPSA) is 40.5 Å². The van der Waals surface area contributed by atoms with E-state index < -0.39 is 0 Å². The summed E-state index contributed by atoms with van der Waals surface area (Å²) in [5, 5.41) is 19.1. The third-order valence-electron chi connectivity index (χ3n) is 2.17. The molecule has 0 aliphatic rings. The molecule has 2 nitrogen and oxygen atoms in total. The van der Waals surface area contributed by atoms with Crippen LogP contribution in [0.5, 0.6) is 11.5 Å². The largest absolute Gasteiger partial charge is 0.507 e. The summed E-state index contributed by atoms with van der Waals surface area (Å²) in [4.78, 5) is 0. The maximum Gasteiger partial charge on any atom is 0.133 e. The van der Waals surface area contributed by atoms with Gasteiger partial charge in [-0.05, 0) is 47.8 Å². The van der Waals surface area contributed by atoms with E-state index in [1.807, 2.05) is 0 Å². The van der Waals surface area contributed by atoms with Gasteiger partial charge in [0.25, 0.3) is 0 Å². The first-order valence-electron chi connectivity index (χ1n) is 3.64. The van der Waals surface area contributed by atoms with Crippen LogP contribution in [0.2, 0.25) is 0 Å². The number of rotatable bonds is 0. The highest BCUT2D eigenvalue weighted by molar-refractivity contribution is 9.10. The summed E-state index contributed by atoms with van der Waals surface area (Å²) in [6, 6.07) is 0. The minimum absolute atomic E-state index is 0.211. The molecule has 0 heterocycles. The van der Waals surface area contributed by atoms with Crippen molar-refractivity contribution in [1.82, 2.24) is 0 Å². The van der Waals surface area contributed by atoms with E-state index in [1.54, 1.807) is 20.8 Å². The number of benzene rings is 1. The van der Waals surface area contributed by atoms with Gasteiger partial charge in [-0.25, -0.2) is 0 Å². The number of hydrogen-bond donors (Lipinski definition) is 2. The van der Waals surface area contributed by atoms with Crippen molar-refractivity contribution in [2.24, 2.45) is 0 Å². The molecule has 1 aromatic rings. The molecule has 3 heteroatoms. The molecule has 0 fully saturated rings. The molecule has 0 aliphatic carbocycles. The van der Waals surface area contributed by atoms with E-state index in [9.17, 15) is 10.2 Å². The zero-order valence-electron chi connectivity index (χ0n) is 7.27. The predicted molar refractivity (Wildman–Crippen MR) is 51.7 cm³/mol. The van der Waals surface area contributed by atoms with Gasteiger partial charge >= 0.3 is 0 Å². The van der Waals surface area contributed by atoms with Crippen molar-refractivity contribution >= 4 is 15.9 Å². The third-order valence-corrected chi connectivity index (χ3v) is 3.14. The predicted octanol–water partition coefficient (Wildman–Crippen LogP) is 2.79. The van der Waals surface area contributed by atoms with E-state index in [4.69, 9.17) is 0 Å². The minimum Gasteiger partial charge on any atom is -0.507 e. The molecule has 0 spiro atoms. The number of hydrogen-bond acceptors (Lipinski definition) is 2. The number of phenols is 2. The Morgan fingerprint density at radius 1 is 0.833 bits per heavy atom. The fraction of sp³-hybridized carbons (Fsp3) is 0.333. The van der Waals surface area contributed by atoms with Crippen LogP contribution in [0.25, 0.3) is 0 Å². The molecule has 0 aliphatic heterocycles. The molecule has 0 amide bonds. The smallest absolute Gasteiger partial charge is 0.133 e. The molecule has 0 atom stereocenters. The Morgan fingerprint density at radius 3 is 1.75 bits per heavy atom. The van der Waals surface area contributed by atoms with E-state index in [1.165, 1.54) is 0 Å². The molecule has 0 aromatic heterocycles. The first-order valence-corrected chi connectivity index (χ1v) is 4.43. The summed E-state index contributed by atoms with van der Waals surface area (Å²) >= 11 is 3.20. The van der Waals surface area contributed by atoms with Crippen LogP contribution >= 0.6 is 15.9 Å². The Bertz CT molecular complexity index is 227. The van der Waals surface area contributed by atoms with Crippen molar-refractivity contribution in [3.63, 3.8) is 0 Å². The van der Waals surface area contributed by atoms with Crippen molar-refractivity contribution < 1.29 is 10.2 Å². The zero-order chi connectivity index (χ0) is 9.46. The zero-order valence-corrected chi connectivity index (χ0v) is 8.86. The summed E-state index contributed by atoms with van der Waals surface area (Å²) < 4.78 is 0.572. The molecule has 1 rings (SSSR count). The second-order valence-electron chi connectivity index (χ2n) is 2.89. The van der Waals surface area contributed by atoms with Gasteiger partial charge in [-0.2, -0.15) is 0 Å². The standard InChI is InChI=1S/C9H11BrO2/c1-4-5(2)9(12)7(10)6(3)8(4)11/h11-12H,1-3H3. The van der Waals surface area contributed by atoms with Crippen molar-refractivity contribution in [1.29, 1.82) is 0 Å². The Labute approximate surface area is 80.0 Å². The monoisotopic (exact) mass is 230 g/mol. The molecule has 12 heavy (non-hydrogen) atoms. The van der Waals surface area contributed by atoms with Crippen LogP contribution in [0.15, 0.2) is 4.47 Å². The average molecular weight is 231 g/mol. The Balaban J connectivity index is 3.60. The first-order chi connectivity index (χ1) is 5.46. The lowest BCUT2D eigenvalue weighted by Gasteiger charge is -2.11. The Hall–Kier alpha value is -0.700. The lowest BCUT2D eigenvalue weighted by Crippen LogP contribution is -1.88. The van der Waals surface area contributed by atoms with Gasteiger partial charge in [0.2, 0.25) is 0 Å². The highest BCUT2D eigenvalue weighted by Crippen LogP contribution is 2.39. The Morgan fingerprint density at radius 2 is 1.25 bits per heavy atom. The summed E-state index contributed by atoms with van der Waals surface area (Å²) in [5.41, 5.74) is 2.12. The van der Waals surface area contributed by atoms with Crippen LogP contribution in [0.3, 0.4) is 0 Å². The molecule has 2 N–H and O–H groups in total. The number of halogens is 1. The molecule has 0 bridgehead atoms. The molecule has 1 aromatic carbocycles. The molecular formula is C9H11BrO2. The number of aromatic hydroxyl groups is 2. The van der Waals surface area contributed by atoms with Crippen molar-refractivity contribution in [3.05, 3.63) is 21.2 Å². The number of phenolic OH excluding ortho intramolecular Hbond substituents is 2. The van der Waals surface area contributed by atoms with Crippen LogP contribution in [-0.2, 0) is 0 Å².